The molecule has 0 heterocycles. The highest BCUT2D eigenvalue weighted by Gasteiger charge is 2.20. The Labute approximate surface area is 177 Å². The molecule has 8 nitrogen and oxygen atoms in total. The van der Waals surface area contributed by atoms with Crippen molar-refractivity contribution < 1.29 is 26.9 Å². The lowest BCUT2D eigenvalue weighted by molar-refractivity contribution is 0.187. The van der Waals surface area contributed by atoms with E-state index >= 15 is 0 Å². The number of carbonyl (C=O) groups excluding carboxylic acids is 1. The van der Waals surface area contributed by atoms with Crippen molar-refractivity contribution in [3.63, 3.8) is 0 Å². The van der Waals surface area contributed by atoms with Gasteiger partial charge < -0.3 is 23.9 Å². The molecular weight excluding hydrogens is 408 g/mol. The molecule has 0 aliphatic carbocycles. The number of benzene rings is 2. The summed E-state index contributed by atoms with van der Waals surface area (Å²) in [5.74, 6) is 1.33. The number of nitrogens with one attached hydrogen (secondary N) is 1. The number of anilines is 1. The average molecular weight is 437 g/mol. The summed E-state index contributed by atoms with van der Waals surface area (Å²) < 4.78 is 38.2. The summed E-state index contributed by atoms with van der Waals surface area (Å²) in [6.07, 6.45) is 1.73. The molecule has 0 saturated carbocycles. The van der Waals surface area contributed by atoms with Gasteiger partial charge in [0.2, 0.25) is 0 Å². The predicted molar refractivity (Wildman–Crippen MR) is 116 cm³/mol. The Hall–Kier alpha value is -2.94. The van der Waals surface area contributed by atoms with Crippen LogP contribution >= 0.6 is 0 Å². The first-order chi connectivity index (χ1) is 14.1. The number of hydrogen-bond acceptors (Lipinski definition) is 6. The summed E-state index contributed by atoms with van der Waals surface area (Å²) in [4.78, 5) is 14.7. The Morgan fingerprint density at radius 1 is 1.07 bits per heavy atom. The number of ether oxygens (including phenoxy) is 2. The van der Waals surface area contributed by atoms with E-state index in [0.29, 0.717) is 17.2 Å². The van der Waals surface area contributed by atoms with Crippen molar-refractivity contribution in [2.75, 3.05) is 25.8 Å². The number of amides is 2. The van der Waals surface area contributed by atoms with Crippen LogP contribution in [0.3, 0.4) is 0 Å². The predicted octanol–water partition coefficient (Wildman–Crippen LogP) is 3.87. The van der Waals surface area contributed by atoms with Gasteiger partial charge in [-0.15, -0.1) is 0 Å². The zero-order valence-electron chi connectivity index (χ0n) is 17.8. The van der Waals surface area contributed by atoms with E-state index in [1.807, 2.05) is 19.9 Å². The van der Waals surface area contributed by atoms with Gasteiger partial charge in [0.05, 0.1) is 20.5 Å². The fraction of sp³-hybridized carbons (Fsp3) is 0.381. The van der Waals surface area contributed by atoms with Crippen LogP contribution in [0.1, 0.15) is 25.8 Å². The molecule has 2 rings (SSSR count). The van der Waals surface area contributed by atoms with Gasteiger partial charge in [-0.3, -0.25) is 0 Å². The van der Waals surface area contributed by atoms with E-state index in [-0.39, 0.29) is 24.4 Å². The van der Waals surface area contributed by atoms with Crippen LogP contribution in [-0.2, 0) is 16.7 Å². The molecule has 9 heteroatoms. The van der Waals surface area contributed by atoms with Crippen LogP contribution in [0.5, 0.6) is 17.2 Å². The molecule has 2 aromatic carbocycles. The second-order valence-corrected chi connectivity index (χ2v) is 8.43. The molecule has 0 saturated heterocycles. The van der Waals surface area contributed by atoms with Crippen molar-refractivity contribution in [2.24, 2.45) is 0 Å². The first kappa shape index (κ1) is 23.3. The molecule has 164 valence electrons. The standard InChI is InChI=1S/C21H28N2O6S/c1-6-15(2)23(14-16-8-7-9-18(10-16)29-30(5,25)26)21(24)22-17-11-19(27-3)13-20(12-17)28-4/h7-13,15H,6,14H2,1-5H3,(H,22,24). The van der Waals surface area contributed by atoms with Gasteiger partial charge in [-0.05, 0) is 31.0 Å². The fourth-order valence-electron chi connectivity index (χ4n) is 2.79. The zero-order chi connectivity index (χ0) is 22.3. The molecule has 0 spiro atoms. The van der Waals surface area contributed by atoms with E-state index in [1.54, 1.807) is 41.3 Å². The molecule has 0 aromatic heterocycles. The average Bonchev–Trinajstić information content (AvgIpc) is 2.70. The molecule has 2 amide bonds. The summed E-state index contributed by atoms with van der Waals surface area (Å²) >= 11 is 0. The van der Waals surface area contributed by atoms with Crippen LogP contribution in [0.2, 0.25) is 0 Å². The molecule has 0 radical (unpaired) electrons. The number of rotatable bonds is 9. The Morgan fingerprint density at radius 2 is 1.70 bits per heavy atom. The molecule has 1 atom stereocenters. The quantitative estimate of drug-likeness (QED) is 0.600. The summed E-state index contributed by atoms with van der Waals surface area (Å²) in [7, 11) is -0.552. The summed E-state index contributed by atoms with van der Waals surface area (Å²) in [5, 5.41) is 2.88. The highest BCUT2D eigenvalue weighted by atomic mass is 32.2. The topological polar surface area (TPSA) is 94.2 Å². The van der Waals surface area contributed by atoms with Gasteiger partial charge in [0.15, 0.2) is 0 Å². The molecule has 30 heavy (non-hydrogen) atoms. The van der Waals surface area contributed by atoms with E-state index in [1.165, 1.54) is 14.2 Å². The van der Waals surface area contributed by atoms with Crippen molar-refractivity contribution in [1.29, 1.82) is 0 Å². The van der Waals surface area contributed by atoms with Gasteiger partial charge in [0.1, 0.15) is 17.2 Å². The summed E-state index contributed by atoms with van der Waals surface area (Å²) in [6.45, 7) is 4.22. The highest BCUT2D eigenvalue weighted by molar-refractivity contribution is 7.86. The zero-order valence-corrected chi connectivity index (χ0v) is 18.7. The van der Waals surface area contributed by atoms with Crippen molar-refractivity contribution in [1.82, 2.24) is 4.90 Å². The monoisotopic (exact) mass is 436 g/mol. The van der Waals surface area contributed by atoms with Gasteiger partial charge >= 0.3 is 16.1 Å². The molecule has 0 fully saturated rings. The SMILES string of the molecule is CCC(C)N(Cc1cccc(OS(C)(=O)=O)c1)C(=O)Nc1cc(OC)cc(OC)c1. The second kappa shape index (κ2) is 10.2. The maximum atomic E-state index is 13.0. The molecule has 0 bridgehead atoms. The van der Waals surface area contributed by atoms with Gasteiger partial charge in [0.25, 0.3) is 0 Å². The van der Waals surface area contributed by atoms with E-state index in [4.69, 9.17) is 13.7 Å². The Morgan fingerprint density at radius 3 is 2.23 bits per heavy atom. The Bertz CT molecular complexity index is 955. The molecule has 0 aliphatic rings. The largest absolute Gasteiger partial charge is 0.497 e. The molecule has 2 aromatic rings. The maximum absolute atomic E-state index is 13.0. The minimum Gasteiger partial charge on any atom is -0.497 e. The number of nitrogens with zero attached hydrogens (tertiary/aromatic N) is 1. The number of carbonyl (C=O) groups is 1. The summed E-state index contributed by atoms with van der Waals surface area (Å²) in [6, 6.07) is 11.4. The van der Waals surface area contributed by atoms with Gasteiger partial charge in [-0.1, -0.05) is 19.1 Å². The molecule has 1 unspecified atom stereocenters. The van der Waals surface area contributed by atoms with Crippen LogP contribution < -0.4 is 19.0 Å². The third-order valence-corrected chi connectivity index (χ3v) is 4.98. The van der Waals surface area contributed by atoms with Crippen molar-refractivity contribution in [3.05, 3.63) is 48.0 Å². The maximum Gasteiger partial charge on any atom is 0.322 e. The smallest absolute Gasteiger partial charge is 0.322 e. The highest BCUT2D eigenvalue weighted by Crippen LogP contribution is 2.26. The number of urea groups is 1. The third kappa shape index (κ3) is 6.84. The lowest BCUT2D eigenvalue weighted by atomic mass is 10.1. The first-order valence-corrected chi connectivity index (χ1v) is 11.3. The fourth-order valence-corrected chi connectivity index (χ4v) is 3.24. The van der Waals surface area contributed by atoms with E-state index < -0.39 is 10.1 Å². The Balaban J connectivity index is 2.24. The number of methoxy groups -OCH3 is 2. The lowest BCUT2D eigenvalue weighted by Gasteiger charge is -2.29. The van der Waals surface area contributed by atoms with Gasteiger partial charge in [0, 0.05) is 36.5 Å². The van der Waals surface area contributed by atoms with Crippen molar-refractivity contribution in [3.8, 4) is 17.2 Å². The lowest BCUT2D eigenvalue weighted by Crippen LogP contribution is -2.40. The first-order valence-electron chi connectivity index (χ1n) is 9.44. The molecule has 0 aliphatic heterocycles. The van der Waals surface area contributed by atoms with E-state index in [0.717, 1.165) is 18.2 Å². The number of hydrogen-bond donors (Lipinski definition) is 1. The molecule has 1 N–H and O–H groups in total. The minimum absolute atomic E-state index is 0.0583. The van der Waals surface area contributed by atoms with Crippen LogP contribution in [-0.4, -0.2) is 45.9 Å². The summed E-state index contributed by atoms with van der Waals surface area (Å²) in [5.41, 5.74) is 1.29. The van der Waals surface area contributed by atoms with Crippen LogP contribution in [0.25, 0.3) is 0 Å². The van der Waals surface area contributed by atoms with Crippen LogP contribution in [0.15, 0.2) is 42.5 Å². The van der Waals surface area contributed by atoms with E-state index in [2.05, 4.69) is 5.32 Å². The van der Waals surface area contributed by atoms with Crippen LogP contribution in [0.4, 0.5) is 10.5 Å². The minimum atomic E-state index is -3.63. The molecular formula is C21H28N2O6S. The second-order valence-electron chi connectivity index (χ2n) is 6.85. The van der Waals surface area contributed by atoms with Crippen LogP contribution in [0, 0.1) is 0 Å². The van der Waals surface area contributed by atoms with Crippen molar-refractivity contribution in [2.45, 2.75) is 32.9 Å². The normalized spacial score (nSPS) is 12.0. The van der Waals surface area contributed by atoms with E-state index in [9.17, 15) is 13.2 Å². The van der Waals surface area contributed by atoms with Gasteiger partial charge in [-0.2, -0.15) is 8.42 Å². The Kier molecular flexibility index (Phi) is 7.93. The third-order valence-electron chi connectivity index (χ3n) is 4.49. The van der Waals surface area contributed by atoms with Gasteiger partial charge in [-0.25, -0.2) is 4.79 Å². The van der Waals surface area contributed by atoms with Crippen molar-refractivity contribution >= 4 is 21.8 Å².